The summed E-state index contributed by atoms with van der Waals surface area (Å²) in [7, 11) is 0. The fraction of sp³-hybridized carbons (Fsp3) is 0.533. The van der Waals surface area contributed by atoms with Gasteiger partial charge in [-0.3, -0.25) is 4.79 Å². The van der Waals surface area contributed by atoms with Gasteiger partial charge in [-0.1, -0.05) is 6.07 Å². The molecule has 1 aromatic carbocycles. The minimum absolute atomic E-state index is 0.360. The molecule has 104 valence electrons. The van der Waals surface area contributed by atoms with Crippen molar-refractivity contribution in [3.8, 4) is 0 Å². The molecule has 2 unspecified atom stereocenters. The van der Waals surface area contributed by atoms with Crippen LogP contribution in [0.5, 0.6) is 0 Å². The molecule has 2 atom stereocenters. The highest BCUT2D eigenvalue weighted by Crippen LogP contribution is 2.28. The van der Waals surface area contributed by atoms with E-state index in [9.17, 15) is 4.79 Å². The Labute approximate surface area is 119 Å². The molecule has 1 saturated carbocycles. The van der Waals surface area contributed by atoms with Crippen molar-refractivity contribution in [2.75, 3.05) is 6.26 Å². The standard InChI is InChI=1S/C15H22N2OS/c1-10-7-11(15(16)18)3-4-12(10)9-17-13-5-6-14(8-13)19-2/h3-4,7,13-14,17H,5-6,8-9H2,1-2H3,(H2,16,18). The van der Waals surface area contributed by atoms with E-state index in [0.29, 0.717) is 11.6 Å². The average molecular weight is 278 g/mol. The SMILES string of the molecule is CSC1CCC(NCc2ccc(C(N)=O)cc2C)C1. The lowest BCUT2D eigenvalue weighted by Crippen LogP contribution is -2.26. The molecule has 3 nitrogen and oxygen atoms in total. The van der Waals surface area contributed by atoms with Gasteiger partial charge in [-0.2, -0.15) is 11.8 Å². The zero-order valence-electron chi connectivity index (χ0n) is 11.6. The molecule has 4 heteroatoms. The van der Waals surface area contributed by atoms with Gasteiger partial charge in [0.1, 0.15) is 0 Å². The van der Waals surface area contributed by atoms with Crippen molar-refractivity contribution in [3.05, 3.63) is 34.9 Å². The maximum absolute atomic E-state index is 11.1. The lowest BCUT2D eigenvalue weighted by atomic mass is 10.0. The Balaban J connectivity index is 1.91. The molecule has 1 amide bonds. The van der Waals surface area contributed by atoms with Crippen molar-refractivity contribution in [3.63, 3.8) is 0 Å². The Bertz CT molecular complexity index is 461. The summed E-state index contributed by atoms with van der Waals surface area (Å²) in [5.74, 6) is -0.360. The Morgan fingerprint density at radius 2 is 2.26 bits per heavy atom. The summed E-state index contributed by atoms with van der Waals surface area (Å²) in [6.45, 7) is 2.90. The van der Waals surface area contributed by atoms with Gasteiger partial charge in [-0.15, -0.1) is 0 Å². The molecule has 1 fully saturated rings. The first kappa shape index (κ1) is 14.4. The average Bonchev–Trinajstić information content (AvgIpc) is 2.85. The first-order chi connectivity index (χ1) is 9.10. The molecule has 0 spiro atoms. The number of benzene rings is 1. The number of carbonyl (C=O) groups excluding carboxylic acids is 1. The molecule has 1 aliphatic rings. The van der Waals surface area contributed by atoms with Gasteiger partial charge in [-0.05, 0) is 55.7 Å². The summed E-state index contributed by atoms with van der Waals surface area (Å²) in [5, 5.41) is 4.44. The van der Waals surface area contributed by atoms with Crippen LogP contribution in [0.25, 0.3) is 0 Å². The van der Waals surface area contributed by atoms with E-state index in [2.05, 4.69) is 11.6 Å². The second-order valence-electron chi connectivity index (χ2n) is 5.25. The van der Waals surface area contributed by atoms with Crippen LogP contribution < -0.4 is 11.1 Å². The van der Waals surface area contributed by atoms with Crippen LogP contribution >= 0.6 is 11.8 Å². The van der Waals surface area contributed by atoms with E-state index < -0.39 is 0 Å². The lowest BCUT2D eigenvalue weighted by molar-refractivity contribution is 0.1000. The summed E-state index contributed by atoms with van der Waals surface area (Å²) < 4.78 is 0. The number of thioether (sulfide) groups is 1. The van der Waals surface area contributed by atoms with Crippen LogP contribution in [0.1, 0.15) is 40.7 Å². The third-order valence-corrected chi connectivity index (χ3v) is 5.02. The van der Waals surface area contributed by atoms with Gasteiger partial charge in [0.2, 0.25) is 5.91 Å². The van der Waals surface area contributed by atoms with Crippen LogP contribution in [0.4, 0.5) is 0 Å². The van der Waals surface area contributed by atoms with Crippen molar-refractivity contribution < 1.29 is 4.79 Å². The van der Waals surface area contributed by atoms with Crippen LogP contribution in [0.15, 0.2) is 18.2 Å². The molecule has 0 saturated heterocycles. The van der Waals surface area contributed by atoms with Crippen LogP contribution in [-0.2, 0) is 6.54 Å². The highest BCUT2D eigenvalue weighted by molar-refractivity contribution is 7.99. The first-order valence-electron chi connectivity index (χ1n) is 6.75. The van der Waals surface area contributed by atoms with E-state index in [4.69, 9.17) is 5.73 Å². The topological polar surface area (TPSA) is 55.1 Å². The molecule has 19 heavy (non-hydrogen) atoms. The maximum Gasteiger partial charge on any atom is 0.248 e. The number of hydrogen-bond donors (Lipinski definition) is 2. The van der Waals surface area contributed by atoms with E-state index in [0.717, 1.165) is 17.4 Å². The van der Waals surface area contributed by atoms with Gasteiger partial charge in [0.25, 0.3) is 0 Å². The van der Waals surface area contributed by atoms with E-state index >= 15 is 0 Å². The number of nitrogens with two attached hydrogens (primary N) is 1. The summed E-state index contributed by atoms with van der Waals surface area (Å²) in [6.07, 6.45) is 6.04. The number of aryl methyl sites for hydroxylation is 1. The molecular formula is C15H22N2OS. The summed E-state index contributed by atoms with van der Waals surface area (Å²) in [5.41, 5.74) is 8.24. The Hall–Kier alpha value is -1.00. The molecular weight excluding hydrogens is 256 g/mol. The van der Waals surface area contributed by atoms with Crippen molar-refractivity contribution in [1.29, 1.82) is 0 Å². The number of rotatable bonds is 5. The van der Waals surface area contributed by atoms with Crippen LogP contribution in [-0.4, -0.2) is 23.5 Å². The third kappa shape index (κ3) is 3.74. The van der Waals surface area contributed by atoms with Crippen molar-refractivity contribution in [2.24, 2.45) is 5.73 Å². The van der Waals surface area contributed by atoms with Gasteiger partial charge >= 0.3 is 0 Å². The zero-order valence-corrected chi connectivity index (χ0v) is 12.4. The second kappa shape index (κ2) is 6.44. The van der Waals surface area contributed by atoms with Gasteiger partial charge < -0.3 is 11.1 Å². The fourth-order valence-electron chi connectivity index (χ4n) is 2.64. The molecule has 1 aromatic rings. The van der Waals surface area contributed by atoms with Gasteiger partial charge in [-0.25, -0.2) is 0 Å². The summed E-state index contributed by atoms with van der Waals surface area (Å²) >= 11 is 1.97. The summed E-state index contributed by atoms with van der Waals surface area (Å²) in [4.78, 5) is 11.1. The van der Waals surface area contributed by atoms with Crippen LogP contribution in [0.2, 0.25) is 0 Å². The largest absolute Gasteiger partial charge is 0.366 e. The monoisotopic (exact) mass is 278 g/mol. The first-order valence-corrected chi connectivity index (χ1v) is 8.04. The van der Waals surface area contributed by atoms with Crippen molar-refractivity contribution >= 4 is 17.7 Å². The molecule has 0 bridgehead atoms. The van der Waals surface area contributed by atoms with Crippen molar-refractivity contribution in [2.45, 2.75) is 44.0 Å². The Kier molecular flexibility index (Phi) is 4.88. The molecule has 1 aliphatic carbocycles. The molecule has 0 heterocycles. The van der Waals surface area contributed by atoms with Crippen LogP contribution in [0.3, 0.4) is 0 Å². The van der Waals surface area contributed by atoms with E-state index in [-0.39, 0.29) is 5.91 Å². The van der Waals surface area contributed by atoms with Crippen LogP contribution in [0, 0.1) is 6.92 Å². The predicted molar refractivity (Wildman–Crippen MR) is 81.5 cm³/mol. The highest BCUT2D eigenvalue weighted by Gasteiger charge is 2.23. The smallest absolute Gasteiger partial charge is 0.248 e. The molecule has 0 aliphatic heterocycles. The number of hydrogen-bond acceptors (Lipinski definition) is 3. The predicted octanol–water partition coefficient (Wildman–Crippen LogP) is 2.47. The molecule has 2 rings (SSSR count). The lowest BCUT2D eigenvalue weighted by Gasteiger charge is -2.14. The molecule has 3 N–H and O–H groups in total. The van der Waals surface area contributed by atoms with E-state index in [1.807, 2.05) is 36.9 Å². The maximum atomic E-state index is 11.1. The molecule has 0 radical (unpaired) electrons. The number of amides is 1. The van der Waals surface area contributed by atoms with Gasteiger partial charge in [0.15, 0.2) is 0 Å². The van der Waals surface area contributed by atoms with E-state index in [1.165, 1.54) is 24.8 Å². The Morgan fingerprint density at radius 3 is 2.84 bits per heavy atom. The number of primary amides is 1. The highest BCUT2D eigenvalue weighted by atomic mass is 32.2. The van der Waals surface area contributed by atoms with Gasteiger partial charge in [0.05, 0.1) is 0 Å². The normalized spacial score (nSPS) is 22.6. The minimum atomic E-state index is -0.360. The number of carbonyl (C=O) groups is 1. The second-order valence-corrected chi connectivity index (χ2v) is 6.39. The third-order valence-electron chi connectivity index (χ3n) is 3.93. The fourth-order valence-corrected chi connectivity index (χ4v) is 3.44. The zero-order chi connectivity index (χ0) is 13.8. The quantitative estimate of drug-likeness (QED) is 0.870. The summed E-state index contributed by atoms with van der Waals surface area (Å²) in [6, 6.07) is 6.32. The van der Waals surface area contributed by atoms with E-state index in [1.54, 1.807) is 0 Å². The van der Waals surface area contributed by atoms with Crippen molar-refractivity contribution in [1.82, 2.24) is 5.32 Å². The Morgan fingerprint density at radius 1 is 1.47 bits per heavy atom. The van der Waals surface area contributed by atoms with Gasteiger partial charge in [0, 0.05) is 23.4 Å². The molecule has 0 aromatic heterocycles. The minimum Gasteiger partial charge on any atom is -0.366 e. The number of nitrogens with one attached hydrogen (secondary N) is 1.